The molecule has 0 saturated heterocycles. The van der Waals surface area contributed by atoms with E-state index in [4.69, 9.17) is 0 Å². The summed E-state index contributed by atoms with van der Waals surface area (Å²) in [6.45, 7) is 2.12. The van der Waals surface area contributed by atoms with E-state index in [1.807, 2.05) is 0 Å². The van der Waals surface area contributed by atoms with Gasteiger partial charge in [-0.2, -0.15) is 0 Å². The summed E-state index contributed by atoms with van der Waals surface area (Å²) in [6.07, 6.45) is 4.36. The maximum absolute atomic E-state index is 9.72. The molecule has 2 unspecified atom stereocenters. The van der Waals surface area contributed by atoms with Gasteiger partial charge in [0.05, 0.1) is 6.10 Å². The van der Waals surface area contributed by atoms with Crippen LogP contribution in [0, 0.1) is 12.8 Å². The SMILES string of the molecule is Cc1cccc(CC2CCCC2O)c1. The van der Waals surface area contributed by atoms with Gasteiger partial charge in [0.1, 0.15) is 0 Å². The summed E-state index contributed by atoms with van der Waals surface area (Å²) in [7, 11) is 0. The van der Waals surface area contributed by atoms with Crippen LogP contribution in [0.15, 0.2) is 24.3 Å². The number of hydrogen-bond acceptors (Lipinski definition) is 1. The maximum Gasteiger partial charge on any atom is 0.0571 e. The van der Waals surface area contributed by atoms with E-state index in [2.05, 4.69) is 31.2 Å². The average Bonchev–Trinajstić information content (AvgIpc) is 2.52. The van der Waals surface area contributed by atoms with Gasteiger partial charge in [-0.25, -0.2) is 0 Å². The predicted octanol–water partition coefficient (Wildman–Crippen LogP) is 2.70. The summed E-state index contributed by atoms with van der Waals surface area (Å²) in [6, 6.07) is 8.61. The zero-order chi connectivity index (χ0) is 9.97. The number of aliphatic hydroxyl groups is 1. The second kappa shape index (κ2) is 4.14. The van der Waals surface area contributed by atoms with Gasteiger partial charge in [0.2, 0.25) is 0 Å². The van der Waals surface area contributed by atoms with Gasteiger partial charge in [-0.15, -0.1) is 0 Å². The highest BCUT2D eigenvalue weighted by molar-refractivity contribution is 5.22. The molecular formula is C13H18O. The first-order valence-electron chi connectivity index (χ1n) is 5.49. The second-order valence-corrected chi connectivity index (χ2v) is 4.45. The van der Waals surface area contributed by atoms with Gasteiger partial charge >= 0.3 is 0 Å². The Morgan fingerprint density at radius 3 is 2.86 bits per heavy atom. The Morgan fingerprint density at radius 1 is 1.36 bits per heavy atom. The summed E-state index contributed by atoms with van der Waals surface area (Å²) < 4.78 is 0. The van der Waals surface area contributed by atoms with Gasteiger partial charge in [-0.05, 0) is 37.7 Å². The van der Waals surface area contributed by atoms with Crippen LogP contribution < -0.4 is 0 Å². The molecule has 1 fully saturated rings. The van der Waals surface area contributed by atoms with Crippen molar-refractivity contribution < 1.29 is 5.11 Å². The highest BCUT2D eigenvalue weighted by Crippen LogP contribution is 2.28. The highest BCUT2D eigenvalue weighted by Gasteiger charge is 2.24. The van der Waals surface area contributed by atoms with E-state index < -0.39 is 0 Å². The minimum Gasteiger partial charge on any atom is -0.393 e. The van der Waals surface area contributed by atoms with Crippen molar-refractivity contribution in [2.75, 3.05) is 0 Å². The molecule has 0 bridgehead atoms. The van der Waals surface area contributed by atoms with Crippen LogP contribution in [-0.4, -0.2) is 11.2 Å². The van der Waals surface area contributed by atoms with Crippen LogP contribution in [0.5, 0.6) is 0 Å². The number of benzene rings is 1. The van der Waals surface area contributed by atoms with Crippen LogP contribution in [0.2, 0.25) is 0 Å². The van der Waals surface area contributed by atoms with E-state index in [1.165, 1.54) is 24.0 Å². The molecule has 1 saturated carbocycles. The summed E-state index contributed by atoms with van der Waals surface area (Å²) in [5, 5.41) is 9.72. The summed E-state index contributed by atoms with van der Waals surface area (Å²) in [5.74, 6) is 0.497. The molecule has 2 atom stereocenters. The molecule has 14 heavy (non-hydrogen) atoms. The average molecular weight is 190 g/mol. The lowest BCUT2D eigenvalue weighted by atomic mass is 9.95. The van der Waals surface area contributed by atoms with Gasteiger partial charge in [0, 0.05) is 0 Å². The monoisotopic (exact) mass is 190 g/mol. The largest absolute Gasteiger partial charge is 0.393 e. The number of aliphatic hydroxyl groups excluding tert-OH is 1. The minimum atomic E-state index is -0.0597. The molecule has 1 nitrogen and oxygen atoms in total. The maximum atomic E-state index is 9.72. The lowest BCUT2D eigenvalue weighted by Gasteiger charge is -2.14. The number of aryl methyl sites for hydroxylation is 1. The fraction of sp³-hybridized carbons (Fsp3) is 0.538. The Kier molecular flexibility index (Phi) is 2.87. The van der Waals surface area contributed by atoms with Crippen molar-refractivity contribution in [1.29, 1.82) is 0 Å². The Morgan fingerprint density at radius 2 is 2.21 bits per heavy atom. The number of rotatable bonds is 2. The van der Waals surface area contributed by atoms with Crippen molar-refractivity contribution >= 4 is 0 Å². The smallest absolute Gasteiger partial charge is 0.0571 e. The first-order chi connectivity index (χ1) is 6.75. The molecule has 1 aliphatic carbocycles. The molecule has 0 radical (unpaired) electrons. The van der Waals surface area contributed by atoms with Crippen LogP contribution >= 0.6 is 0 Å². The summed E-state index contributed by atoms with van der Waals surface area (Å²) in [5.41, 5.74) is 2.69. The lowest BCUT2D eigenvalue weighted by Crippen LogP contribution is -2.15. The summed E-state index contributed by atoms with van der Waals surface area (Å²) in [4.78, 5) is 0. The Hall–Kier alpha value is -0.820. The Bertz CT molecular complexity index is 306. The minimum absolute atomic E-state index is 0.0597. The van der Waals surface area contributed by atoms with Crippen LogP contribution in [0.3, 0.4) is 0 Å². The molecule has 0 aromatic heterocycles. The van der Waals surface area contributed by atoms with Crippen molar-refractivity contribution in [3.05, 3.63) is 35.4 Å². The third-order valence-corrected chi connectivity index (χ3v) is 3.20. The van der Waals surface area contributed by atoms with E-state index in [1.54, 1.807) is 0 Å². The quantitative estimate of drug-likeness (QED) is 0.760. The van der Waals surface area contributed by atoms with Gasteiger partial charge < -0.3 is 5.11 Å². The van der Waals surface area contributed by atoms with Crippen LogP contribution in [0.1, 0.15) is 30.4 Å². The van der Waals surface area contributed by atoms with Gasteiger partial charge in [-0.1, -0.05) is 36.2 Å². The Labute approximate surface area is 85.8 Å². The fourth-order valence-corrected chi connectivity index (χ4v) is 2.40. The zero-order valence-electron chi connectivity index (χ0n) is 8.74. The molecular weight excluding hydrogens is 172 g/mol. The molecule has 76 valence electrons. The van der Waals surface area contributed by atoms with Crippen LogP contribution in [0.25, 0.3) is 0 Å². The first-order valence-corrected chi connectivity index (χ1v) is 5.49. The van der Waals surface area contributed by atoms with E-state index >= 15 is 0 Å². The molecule has 1 N–H and O–H groups in total. The van der Waals surface area contributed by atoms with Crippen molar-refractivity contribution in [2.24, 2.45) is 5.92 Å². The van der Waals surface area contributed by atoms with Crippen molar-refractivity contribution in [3.8, 4) is 0 Å². The van der Waals surface area contributed by atoms with E-state index in [0.717, 1.165) is 12.8 Å². The highest BCUT2D eigenvalue weighted by atomic mass is 16.3. The zero-order valence-corrected chi connectivity index (χ0v) is 8.74. The molecule has 2 rings (SSSR count). The molecule has 1 aliphatic rings. The predicted molar refractivity (Wildman–Crippen MR) is 58.2 cm³/mol. The van der Waals surface area contributed by atoms with Crippen molar-refractivity contribution in [2.45, 2.75) is 38.7 Å². The van der Waals surface area contributed by atoms with Crippen molar-refractivity contribution in [1.82, 2.24) is 0 Å². The third kappa shape index (κ3) is 2.16. The molecule has 0 heterocycles. The molecule has 1 heteroatoms. The molecule has 0 spiro atoms. The van der Waals surface area contributed by atoms with Crippen molar-refractivity contribution in [3.63, 3.8) is 0 Å². The first kappa shape index (κ1) is 9.72. The van der Waals surface area contributed by atoms with Gasteiger partial charge in [0.15, 0.2) is 0 Å². The van der Waals surface area contributed by atoms with E-state index in [-0.39, 0.29) is 6.10 Å². The third-order valence-electron chi connectivity index (χ3n) is 3.20. The van der Waals surface area contributed by atoms with Gasteiger partial charge in [-0.3, -0.25) is 0 Å². The van der Waals surface area contributed by atoms with Crippen LogP contribution in [-0.2, 0) is 6.42 Å². The standard InChI is InChI=1S/C13H18O/c1-10-4-2-5-11(8-10)9-12-6-3-7-13(12)14/h2,4-5,8,12-14H,3,6-7,9H2,1H3. The molecule has 1 aromatic carbocycles. The normalized spacial score (nSPS) is 26.7. The molecule has 0 aliphatic heterocycles. The van der Waals surface area contributed by atoms with E-state index in [0.29, 0.717) is 5.92 Å². The topological polar surface area (TPSA) is 20.2 Å². The summed E-state index contributed by atoms with van der Waals surface area (Å²) >= 11 is 0. The van der Waals surface area contributed by atoms with Crippen LogP contribution in [0.4, 0.5) is 0 Å². The van der Waals surface area contributed by atoms with E-state index in [9.17, 15) is 5.11 Å². The second-order valence-electron chi connectivity index (χ2n) is 4.45. The molecule has 1 aromatic rings. The number of hydrogen-bond donors (Lipinski definition) is 1. The Balaban J connectivity index is 2.03. The fourth-order valence-electron chi connectivity index (χ4n) is 2.40. The lowest BCUT2D eigenvalue weighted by molar-refractivity contribution is 0.132. The van der Waals surface area contributed by atoms with Gasteiger partial charge in [0.25, 0.3) is 0 Å². The molecule has 0 amide bonds.